The Labute approximate surface area is 257 Å². The van der Waals surface area contributed by atoms with Gasteiger partial charge in [0.15, 0.2) is 0 Å². The molecule has 0 saturated carbocycles. The Hall–Kier alpha value is -0.357. The third-order valence-electron chi connectivity index (χ3n) is 4.58. The molecule has 9 nitrogen and oxygen atoms in total. The van der Waals surface area contributed by atoms with Crippen molar-refractivity contribution in [1.82, 2.24) is 28.0 Å². The maximum absolute atomic E-state index is 12.5. The molecule has 2 rings (SSSR count). The molecule has 2 aromatic carbocycles. The van der Waals surface area contributed by atoms with Crippen LogP contribution in [0, 0.1) is 0 Å². The summed E-state index contributed by atoms with van der Waals surface area (Å²) in [4.78, 5) is 0. The first-order valence-electron chi connectivity index (χ1n) is 12.3. The summed E-state index contributed by atoms with van der Waals surface area (Å²) < 4.78 is 79.3. The van der Waals surface area contributed by atoms with Gasteiger partial charge in [-0.2, -0.15) is 0 Å². The molecular formula is C25H46BiF3N6O3P2S. The van der Waals surface area contributed by atoms with Gasteiger partial charge in [-0.15, -0.1) is 0 Å². The van der Waals surface area contributed by atoms with Crippen molar-refractivity contribution in [3.63, 3.8) is 0 Å². The second kappa shape index (κ2) is 19.1. The van der Waals surface area contributed by atoms with E-state index in [-0.39, 0.29) is 16.7 Å². The summed E-state index contributed by atoms with van der Waals surface area (Å²) in [5.74, 6) is 0. The molecule has 0 aliphatic rings. The standard InChI is InChI=1S/2C6H18N3P.2C6H5.CHF3O3S.Bi/c2*1-7(2)10(8(3)4)9(5)6;2*1-2-4-6-5-3-1;2-1(3,4)8(5,6)7;/h2*1-6H3;2*1-5H;(H,5,6,7);/q;;;;;+1/p-1. The van der Waals surface area contributed by atoms with Gasteiger partial charge in [0.25, 0.3) is 0 Å². The van der Waals surface area contributed by atoms with Crippen LogP contribution in [0.2, 0.25) is 0 Å². The normalized spacial score (nSPS) is 12.6. The number of halogens is 3. The Bertz CT molecular complexity index is 983. The second-order valence-corrected chi connectivity index (χ2v) is 25.0. The van der Waals surface area contributed by atoms with Crippen LogP contribution in [0.3, 0.4) is 0 Å². The second-order valence-electron chi connectivity index (χ2n) is 9.56. The van der Waals surface area contributed by atoms with Crippen molar-refractivity contribution in [3.8, 4) is 0 Å². The van der Waals surface area contributed by atoms with Crippen molar-refractivity contribution in [3.05, 3.63) is 60.7 Å². The summed E-state index contributed by atoms with van der Waals surface area (Å²) in [6.07, 6.45) is 0. The first-order chi connectivity index (χ1) is 18.7. The van der Waals surface area contributed by atoms with E-state index >= 15 is 0 Å². The summed E-state index contributed by atoms with van der Waals surface area (Å²) in [7, 11) is 19.2. The molecule has 2 aromatic rings. The van der Waals surface area contributed by atoms with Gasteiger partial charge in [0.05, 0.1) is 0 Å². The maximum atomic E-state index is 12.5. The van der Waals surface area contributed by atoms with Crippen LogP contribution in [0.4, 0.5) is 13.2 Å². The Kier molecular flexibility index (Phi) is 19.0. The zero-order valence-electron chi connectivity index (χ0n) is 26.1. The summed E-state index contributed by atoms with van der Waals surface area (Å²) in [6.45, 7) is 0. The Morgan fingerprint density at radius 1 is 0.561 bits per heavy atom. The number of hydrogen-bond donors (Lipinski definition) is 0. The van der Waals surface area contributed by atoms with Crippen molar-refractivity contribution in [2.45, 2.75) is 5.51 Å². The molecule has 0 fully saturated rings. The van der Waals surface area contributed by atoms with Crippen LogP contribution in [0.15, 0.2) is 60.7 Å². The van der Waals surface area contributed by atoms with E-state index in [4.69, 9.17) is 0 Å². The molecule has 0 saturated heterocycles. The topological polar surface area (TPSA) is 62.8 Å². The van der Waals surface area contributed by atoms with Gasteiger partial charge in [0.1, 0.15) is 16.7 Å². The molecule has 0 N–H and O–H groups in total. The summed E-state index contributed by atoms with van der Waals surface area (Å²) >= 11 is -3.75. The molecule has 0 radical (unpaired) electrons. The third-order valence-corrected chi connectivity index (χ3v) is 19.8. The first-order valence-corrected chi connectivity index (χ1v) is 21.0. The zero-order valence-corrected chi connectivity index (χ0v) is 32.1. The SMILES string of the molecule is CN(C)P(N(C)C)N(C)C.CN(C)P(N(C)C)N(C)C.O=S(=O)([O][Bi]([c]1ccccc1)[c]1ccccc1)C(F)(F)F. The fourth-order valence-electron chi connectivity index (χ4n) is 3.65. The Morgan fingerprint density at radius 3 is 0.976 bits per heavy atom. The summed E-state index contributed by atoms with van der Waals surface area (Å²) in [5, 5.41) is 0. The molecule has 41 heavy (non-hydrogen) atoms. The minimum absolute atomic E-state index is 0.238. The average Bonchev–Trinajstić information content (AvgIpc) is 2.82. The molecule has 0 heterocycles. The first kappa shape index (κ1) is 40.6. The van der Waals surface area contributed by atoms with E-state index in [1.165, 1.54) is 0 Å². The summed E-state index contributed by atoms with van der Waals surface area (Å²) in [5.41, 5.74) is -5.41. The van der Waals surface area contributed by atoms with Gasteiger partial charge in [0, 0.05) is 0 Å². The van der Waals surface area contributed by atoms with E-state index in [9.17, 15) is 21.6 Å². The molecule has 0 amide bonds. The van der Waals surface area contributed by atoms with Crippen LogP contribution in [0.25, 0.3) is 0 Å². The molecule has 0 aliphatic carbocycles. The number of alkyl halides is 3. The molecule has 0 spiro atoms. The van der Waals surface area contributed by atoms with Crippen LogP contribution >= 0.6 is 16.7 Å². The van der Waals surface area contributed by atoms with E-state index in [2.05, 4.69) is 115 Å². The van der Waals surface area contributed by atoms with Crippen LogP contribution in [0.1, 0.15) is 0 Å². The molecule has 16 heteroatoms. The predicted molar refractivity (Wildman–Crippen MR) is 170 cm³/mol. The molecule has 0 atom stereocenters. The van der Waals surface area contributed by atoms with Gasteiger partial charge in [-0.3, -0.25) is 28.0 Å². The molecule has 0 unspecified atom stereocenters. The molecule has 0 aromatic heterocycles. The van der Waals surface area contributed by atoms with Gasteiger partial charge in [-0.25, -0.2) is 0 Å². The fourth-order valence-corrected chi connectivity index (χ4v) is 18.3. The van der Waals surface area contributed by atoms with Crippen LogP contribution in [0.5, 0.6) is 0 Å². The van der Waals surface area contributed by atoms with Crippen LogP contribution < -0.4 is 6.54 Å². The van der Waals surface area contributed by atoms with Gasteiger partial charge < -0.3 is 0 Å². The van der Waals surface area contributed by atoms with Crippen molar-refractivity contribution >= 4 is 55.6 Å². The van der Waals surface area contributed by atoms with Crippen molar-refractivity contribution < 1.29 is 23.8 Å². The minimum atomic E-state index is -5.60. The van der Waals surface area contributed by atoms with E-state index in [0.29, 0.717) is 6.54 Å². The van der Waals surface area contributed by atoms with Crippen LogP contribution in [-0.2, 0) is 12.4 Å². The van der Waals surface area contributed by atoms with Crippen molar-refractivity contribution in [2.75, 3.05) is 84.6 Å². The predicted octanol–water partition coefficient (Wildman–Crippen LogP) is 3.45. The number of benzene rings is 2. The number of nitrogens with zero attached hydrogens (tertiary/aromatic N) is 6. The quantitative estimate of drug-likeness (QED) is 0.204. The third kappa shape index (κ3) is 14.8. The van der Waals surface area contributed by atoms with Gasteiger partial charge in [-0.05, 0) is 84.6 Å². The Morgan fingerprint density at radius 2 is 0.805 bits per heavy atom. The number of rotatable bonds is 10. The van der Waals surface area contributed by atoms with E-state index < -0.39 is 37.8 Å². The van der Waals surface area contributed by atoms with Crippen molar-refractivity contribution in [2.24, 2.45) is 0 Å². The average molecular weight is 839 g/mol. The molecule has 0 bridgehead atoms. The monoisotopic (exact) mass is 838 g/mol. The fraction of sp³-hybridized carbons (Fsp3) is 0.520. The Balaban J connectivity index is 0.000000672. The van der Waals surface area contributed by atoms with Gasteiger partial charge >= 0.3 is 129 Å². The van der Waals surface area contributed by atoms with E-state index in [0.717, 1.165) is 0 Å². The molecular weight excluding hydrogens is 792 g/mol. The van der Waals surface area contributed by atoms with Gasteiger partial charge in [-0.1, -0.05) is 0 Å². The van der Waals surface area contributed by atoms with E-state index in [1.54, 1.807) is 60.7 Å². The van der Waals surface area contributed by atoms with Crippen molar-refractivity contribution in [1.29, 1.82) is 0 Å². The molecule has 236 valence electrons. The molecule has 0 aliphatic heterocycles. The van der Waals surface area contributed by atoms with Gasteiger partial charge in [0.2, 0.25) is 0 Å². The zero-order chi connectivity index (χ0) is 32.1. The number of hydrogen-bond acceptors (Lipinski definition) is 9. The van der Waals surface area contributed by atoms with E-state index in [1.807, 2.05) is 0 Å². The summed E-state index contributed by atoms with van der Waals surface area (Å²) in [6, 6.07) is 16.4. The van der Waals surface area contributed by atoms with Crippen LogP contribution in [-0.4, -0.2) is 149 Å².